The van der Waals surface area contributed by atoms with Crippen molar-refractivity contribution in [3.05, 3.63) is 50.4 Å². The number of rotatable bonds is 4. The van der Waals surface area contributed by atoms with Crippen LogP contribution in [0.4, 0.5) is 11.4 Å². The van der Waals surface area contributed by atoms with Crippen molar-refractivity contribution in [2.24, 2.45) is 5.92 Å². The highest BCUT2D eigenvalue weighted by atomic mass is 79.9. The van der Waals surface area contributed by atoms with E-state index in [9.17, 15) is 9.59 Å². The van der Waals surface area contributed by atoms with Crippen molar-refractivity contribution in [2.75, 3.05) is 23.9 Å². The molecule has 3 rings (SSSR count). The van der Waals surface area contributed by atoms with Gasteiger partial charge in [0, 0.05) is 28.1 Å². The summed E-state index contributed by atoms with van der Waals surface area (Å²) in [6, 6.07) is 8.60. The average molecular weight is 472 g/mol. The molecule has 1 aliphatic rings. The van der Waals surface area contributed by atoms with E-state index in [0.29, 0.717) is 27.2 Å². The van der Waals surface area contributed by atoms with E-state index >= 15 is 0 Å². The molecule has 0 saturated carbocycles. The van der Waals surface area contributed by atoms with E-state index in [4.69, 9.17) is 27.9 Å². The fourth-order valence-corrected chi connectivity index (χ4v) is 3.77. The lowest BCUT2D eigenvalue weighted by Gasteiger charge is -2.20. The topological polar surface area (TPSA) is 58.6 Å². The molecule has 1 atom stereocenters. The molecule has 5 nitrogen and oxygen atoms in total. The predicted octanol–water partition coefficient (Wildman–Crippen LogP) is 5.06. The van der Waals surface area contributed by atoms with Crippen molar-refractivity contribution < 1.29 is 14.3 Å². The van der Waals surface area contributed by atoms with Gasteiger partial charge in [-0.2, -0.15) is 0 Å². The highest BCUT2D eigenvalue weighted by molar-refractivity contribution is 9.10. The number of carbonyl (C=O) groups is 2. The number of carbonyl (C=O) groups excluding carboxylic acids is 2. The Morgan fingerprint density at radius 3 is 2.74 bits per heavy atom. The largest absolute Gasteiger partial charge is 0.495 e. The van der Waals surface area contributed by atoms with Gasteiger partial charge in [-0.1, -0.05) is 23.2 Å². The fourth-order valence-electron chi connectivity index (χ4n) is 3.01. The molecular weight excluding hydrogens is 455 g/mol. The van der Waals surface area contributed by atoms with Crippen LogP contribution in [0.15, 0.2) is 34.8 Å². The van der Waals surface area contributed by atoms with Crippen LogP contribution in [-0.2, 0) is 9.59 Å². The zero-order valence-corrected chi connectivity index (χ0v) is 17.8. The monoisotopic (exact) mass is 470 g/mol. The Morgan fingerprint density at radius 2 is 2.04 bits per heavy atom. The SMILES string of the molecule is COc1ccc(Cl)cc1N1C[C@@H](C(=O)Nc2ccc(Br)c(Cl)c2C)CC1=O. The minimum atomic E-state index is -0.483. The van der Waals surface area contributed by atoms with Crippen LogP contribution >= 0.6 is 39.1 Å². The third-order valence-electron chi connectivity index (χ3n) is 4.52. The van der Waals surface area contributed by atoms with E-state index in [1.165, 1.54) is 12.0 Å². The molecule has 142 valence electrons. The van der Waals surface area contributed by atoms with Crippen LogP contribution in [0.1, 0.15) is 12.0 Å². The van der Waals surface area contributed by atoms with Crippen molar-refractivity contribution in [2.45, 2.75) is 13.3 Å². The van der Waals surface area contributed by atoms with Crippen LogP contribution in [-0.4, -0.2) is 25.5 Å². The van der Waals surface area contributed by atoms with Crippen LogP contribution in [0.2, 0.25) is 10.0 Å². The molecule has 8 heteroatoms. The number of ether oxygens (including phenoxy) is 1. The number of nitrogens with one attached hydrogen (secondary N) is 1. The lowest BCUT2D eigenvalue weighted by Crippen LogP contribution is -2.28. The summed E-state index contributed by atoms with van der Waals surface area (Å²) in [4.78, 5) is 26.8. The van der Waals surface area contributed by atoms with Gasteiger partial charge in [-0.3, -0.25) is 9.59 Å². The number of halogens is 3. The first-order valence-electron chi connectivity index (χ1n) is 8.21. The summed E-state index contributed by atoms with van der Waals surface area (Å²) in [6.45, 7) is 2.08. The van der Waals surface area contributed by atoms with Gasteiger partial charge >= 0.3 is 0 Å². The molecule has 1 aliphatic heterocycles. The Hall–Kier alpha value is -1.76. The van der Waals surface area contributed by atoms with E-state index in [2.05, 4.69) is 21.2 Å². The summed E-state index contributed by atoms with van der Waals surface area (Å²) in [7, 11) is 1.53. The Morgan fingerprint density at radius 1 is 1.30 bits per heavy atom. The molecular formula is C19H17BrCl2N2O3. The Labute approximate surface area is 175 Å². The molecule has 0 bridgehead atoms. The van der Waals surface area contributed by atoms with Gasteiger partial charge in [0.25, 0.3) is 0 Å². The predicted molar refractivity (Wildman–Crippen MR) is 111 cm³/mol. The van der Waals surface area contributed by atoms with Crippen LogP contribution < -0.4 is 15.0 Å². The highest BCUT2D eigenvalue weighted by Gasteiger charge is 2.36. The maximum atomic E-state index is 12.7. The van der Waals surface area contributed by atoms with Crippen LogP contribution in [0.25, 0.3) is 0 Å². The number of hydrogen-bond acceptors (Lipinski definition) is 3. The second-order valence-electron chi connectivity index (χ2n) is 6.24. The van der Waals surface area contributed by atoms with Crippen molar-refractivity contribution >= 4 is 62.3 Å². The van der Waals surface area contributed by atoms with E-state index in [0.717, 1.165) is 10.0 Å². The molecule has 1 saturated heterocycles. The molecule has 1 fully saturated rings. The third kappa shape index (κ3) is 4.08. The second-order valence-corrected chi connectivity index (χ2v) is 7.91. The summed E-state index contributed by atoms with van der Waals surface area (Å²) < 4.78 is 6.08. The highest BCUT2D eigenvalue weighted by Crippen LogP contribution is 2.36. The summed E-state index contributed by atoms with van der Waals surface area (Å²) in [5.74, 6) is -0.332. The summed E-state index contributed by atoms with van der Waals surface area (Å²) >= 11 is 15.6. The van der Waals surface area contributed by atoms with E-state index in [1.54, 1.807) is 30.3 Å². The molecule has 2 aromatic rings. The van der Waals surface area contributed by atoms with Crippen molar-refractivity contribution in [3.63, 3.8) is 0 Å². The van der Waals surface area contributed by atoms with Crippen molar-refractivity contribution in [1.82, 2.24) is 0 Å². The first-order chi connectivity index (χ1) is 12.8. The number of amides is 2. The van der Waals surface area contributed by atoms with Crippen molar-refractivity contribution in [3.8, 4) is 5.75 Å². The molecule has 27 heavy (non-hydrogen) atoms. The number of nitrogens with zero attached hydrogens (tertiary/aromatic N) is 1. The quantitative estimate of drug-likeness (QED) is 0.677. The summed E-state index contributed by atoms with van der Waals surface area (Å²) in [5.41, 5.74) is 1.95. The third-order valence-corrected chi connectivity index (χ3v) is 6.14. The van der Waals surface area contributed by atoms with E-state index in [-0.39, 0.29) is 24.8 Å². The first-order valence-corrected chi connectivity index (χ1v) is 9.76. The van der Waals surface area contributed by atoms with Gasteiger partial charge in [0.2, 0.25) is 11.8 Å². The molecule has 0 radical (unpaired) electrons. The summed E-state index contributed by atoms with van der Waals surface area (Å²) in [6.07, 6.45) is 0.116. The lowest BCUT2D eigenvalue weighted by molar-refractivity contribution is -0.122. The molecule has 2 amide bonds. The smallest absolute Gasteiger partial charge is 0.229 e. The number of benzene rings is 2. The van der Waals surface area contributed by atoms with E-state index < -0.39 is 5.92 Å². The molecule has 1 N–H and O–H groups in total. The zero-order chi connectivity index (χ0) is 19.7. The Balaban J connectivity index is 1.79. The first kappa shape index (κ1) is 20.0. The normalized spacial score (nSPS) is 16.6. The summed E-state index contributed by atoms with van der Waals surface area (Å²) in [5, 5.41) is 3.91. The average Bonchev–Trinajstić information content (AvgIpc) is 3.04. The minimum Gasteiger partial charge on any atom is -0.495 e. The van der Waals surface area contributed by atoms with Gasteiger partial charge in [-0.25, -0.2) is 0 Å². The molecule has 0 unspecified atom stereocenters. The van der Waals surface area contributed by atoms with Crippen molar-refractivity contribution in [1.29, 1.82) is 0 Å². The molecule has 2 aromatic carbocycles. The van der Waals surface area contributed by atoms with Gasteiger partial charge in [0.15, 0.2) is 0 Å². The number of methoxy groups -OCH3 is 1. The van der Waals surface area contributed by atoms with Gasteiger partial charge in [-0.15, -0.1) is 0 Å². The van der Waals surface area contributed by atoms with Gasteiger partial charge in [0.05, 0.1) is 23.7 Å². The number of hydrogen-bond donors (Lipinski definition) is 1. The number of anilines is 2. The van der Waals surface area contributed by atoms with E-state index in [1.807, 2.05) is 6.92 Å². The Kier molecular flexibility index (Phi) is 5.99. The van der Waals surface area contributed by atoms with Gasteiger partial charge in [-0.05, 0) is 58.7 Å². The minimum absolute atomic E-state index is 0.116. The fraction of sp³-hybridized carbons (Fsp3) is 0.263. The Bertz CT molecular complexity index is 920. The van der Waals surface area contributed by atoms with Gasteiger partial charge in [0.1, 0.15) is 5.75 Å². The van der Waals surface area contributed by atoms with Crippen LogP contribution in [0.5, 0.6) is 5.75 Å². The van der Waals surface area contributed by atoms with Gasteiger partial charge < -0.3 is 15.0 Å². The maximum Gasteiger partial charge on any atom is 0.229 e. The lowest BCUT2D eigenvalue weighted by atomic mass is 10.1. The molecule has 1 heterocycles. The molecule has 0 aliphatic carbocycles. The zero-order valence-electron chi connectivity index (χ0n) is 14.7. The van der Waals surface area contributed by atoms with Crippen LogP contribution in [0, 0.1) is 12.8 Å². The molecule has 0 aromatic heterocycles. The maximum absolute atomic E-state index is 12.7. The standard InChI is InChI=1S/C19H17BrCl2N2O3/c1-10-14(5-4-13(20)18(10)22)23-19(26)11-7-17(25)24(9-11)15-8-12(21)3-6-16(15)27-2/h3-6,8,11H,7,9H2,1-2H3,(H,23,26)/t11-/m0/s1. The van der Waals surface area contributed by atoms with Crippen LogP contribution in [0.3, 0.4) is 0 Å². The molecule has 0 spiro atoms. The second kappa shape index (κ2) is 8.09.